The number of nitrogens with one attached hydrogen (secondary N) is 1. The number of hydrogen-bond donors (Lipinski definition) is 1. The van der Waals surface area contributed by atoms with Crippen molar-refractivity contribution >= 4 is 21.6 Å². The third-order valence-corrected chi connectivity index (χ3v) is 9.42. The lowest BCUT2D eigenvalue weighted by Crippen LogP contribution is -2.48. The molecule has 0 aliphatic heterocycles. The fourth-order valence-corrected chi connectivity index (χ4v) is 8.05. The van der Waals surface area contributed by atoms with E-state index < -0.39 is 10.0 Å². The maximum Gasteiger partial charge on any atom is 0.241 e. The maximum absolute atomic E-state index is 12.7. The Morgan fingerprint density at radius 2 is 1.53 bits per heavy atom. The Balaban J connectivity index is 1.24. The zero-order chi connectivity index (χ0) is 25.5. The van der Waals surface area contributed by atoms with E-state index in [0.29, 0.717) is 12.2 Å². The van der Waals surface area contributed by atoms with Crippen molar-refractivity contribution in [3.63, 3.8) is 0 Å². The Kier molecular flexibility index (Phi) is 6.79. The van der Waals surface area contributed by atoms with E-state index in [9.17, 15) is 13.2 Å². The number of ether oxygens (including phenoxy) is 1. The molecule has 36 heavy (non-hydrogen) atoms. The van der Waals surface area contributed by atoms with Crippen molar-refractivity contribution in [2.45, 2.75) is 70.4 Å². The molecule has 4 aliphatic rings. The normalized spacial score (nSPS) is 26.7. The Hall–Kier alpha value is -2.54. The van der Waals surface area contributed by atoms with Crippen LogP contribution in [0.15, 0.2) is 48.5 Å². The summed E-state index contributed by atoms with van der Waals surface area (Å²) in [4.78, 5) is 12.7. The molecular weight excluding hydrogens is 472 g/mol. The van der Waals surface area contributed by atoms with Crippen LogP contribution in [0.5, 0.6) is 5.75 Å². The predicted octanol–water partition coefficient (Wildman–Crippen LogP) is 5.02. The molecule has 2 aromatic rings. The molecule has 0 spiro atoms. The van der Waals surface area contributed by atoms with E-state index in [-0.39, 0.29) is 24.0 Å². The molecule has 1 N–H and O–H groups in total. The van der Waals surface area contributed by atoms with Crippen LogP contribution in [0, 0.1) is 17.8 Å². The van der Waals surface area contributed by atoms with E-state index >= 15 is 0 Å². The number of rotatable bonds is 9. The van der Waals surface area contributed by atoms with Crippen molar-refractivity contribution in [2.75, 3.05) is 17.1 Å². The summed E-state index contributed by atoms with van der Waals surface area (Å²) in [6, 6.07) is 15.5. The van der Waals surface area contributed by atoms with Gasteiger partial charge in [-0.3, -0.25) is 9.10 Å². The molecule has 0 unspecified atom stereocenters. The summed E-state index contributed by atoms with van der Waals surface area (Å²) >= 11 is 0. The van der Waals surface area contributed by atoms with Gasteiger partial charge in [-0.15, -0.1) is 0 Å². The highest BCUT2D eigenvalue weighted by molar-refractivity contribution is 7.92. The highest BCUT2D eigenvalue weighted by atomic mass is 32.2. The molecule has 4 bridgehead atoms. The average Bonchev–Trinajstić information content (AvgIpc) is 2.80. The van der Waals surface area contributed by atoms with Gasteiger partial charge in [-0.2, -0.15) is 0 Å². The van der Waals surface area contributed by atoms with Crippen molar-refractivity contribution in [3.05, 3.63) is 59.7 Å². The Morgan fingerprint density at radius 3 is 2.03 bits per heavy atom. The van der Waals surface area contributed by atoms with Gasteiger partial charge in [-0.1, -0.05) is 24.3 Å². The zero-order valence-corrected chi connectivity index (χ0v) is 22.4. The van der Waals surface area contributed by atoms with Crippen LogP contribution >= 0.6 is 0 Å². The van der Waals surface area contributed by atoms with Gasteiger partial charge in [0.15, 0.2) is 0 Å². The molecule has 4 fully saturated rings. The molecule has 4 aliphatic carbocycles. The number of nitrogens with zero attached hydrogens (tertiary/aromatic N) is 1. The lowest BCUT2D eigenvalue weighted by Gasteiger charge is -2.57. The Bertz CT molecular complexity index is 1150. The van der Waals surface area contributed by atoms with Gasteiger partial charge in [0.25, 0.3) is 0 Å². The summed E-state index contributed by atoms with van der Waals surface area (Å²) in [5.41, 5.74) is 3.06. The van der Waals surface area contributed by atoms with Crippen LogP contribution in [-0.2, 0) is 26.8 Å². The quantitative estimate of drug-likeness (QED) is 0.514. The molecule has 0 atom stereocenters. The number of sulfonamides is 1. The summed E-state index contributed by atoms with van der Waals surface area (Å²) in [5, 5.41) is 2.85. The van der Waals surface area contributed by atoms with Crippen molar-refractivity contribution in [1.29, 1.82) is 0 Å². The first-order valence-corrected chi connectivity index (χ1v) is 15.0. The van der Waals surface area contributed by atoms with Crippen molar-refractivity contribution in [3.8, 4) is 5.75 Å². The number of carbonyl (C=O) groups excluding carboxylic acids is 1. The largest absolute Gasteiger partial charge is 0.491 e. The number of carbonyl (C=O) groups is 1. The molecule has 1 amide bonds. The minimum absolute atomic E-state index is 0.0964. The molecule has 0 aromatic heterocycles. The maximum atomic E-state index is 12.7. The second-order valence-electron chi connectivity index (χ2n) is 11.6. The highest BCUT2D eigenvalue weighted by Gasteiger charge is 2.51. The van der Waals surface area contributed by atoms with Crippen LogP contribution in [-0.4, -0.2) is 33.2 Å². The fraction of sp³-hybridized carbons (Fsp3) is 0.552. The second kappa shape index (κ2) is 9.73. The molecule has 0 saturated heterocycles. The average molecular weight is 511 g/mol. The van der Waals surface area contributed by atoms with Crippen LogP contribution in [0.1, 0.15) is 63.5 Å². The van der Waals surface area contributed by atoms with Crippen LogP contribution in [0.2, 0.25) is 0 Å². The second-order valence-corrected chi connectivity index (χ2v) is 13.5. The van der Waals surface area contributed by atoms with E-state index in [1.54, 1.807) is 0 Å². The number of benzene rings is 2. The lowest BCUT2D eigenvalue weighted by atomic mass is 9.48. The van der Waals surface area contributed by atoms with E-state index in [1.807, 2.05) is 50.2 Å². The molecule has 7 heteroatoms. The lowest BCUT2D eigenvalue weighted by molar-refractivity contribution is -0.119. The molecule has 194 valence electrons. The van der Waals surface area contributed by atoms with Crippen LogP contribution in [0.3, 0.4) is 0 Å². The summed E-state index contributed by atoms with van der Waals surface area (Å²) in [6.07, 6.45) is 9.22. The van der Waals surface area contributed by atoms with Gasteiger partial charge in [0, 0.05) is 6.54 Å². The van der Waals surface area contributed by atoms with E-state index in [4.69, 9.17) is 4.74 Å². The van der Waals surface area contributed by atoms with Gasteiger partial charge < -0.3 is 10.1 Å². The topological polar surface area (TPSA) is 75.7 Å². The molecular formula is C29H38N2O4S. The van der Waals surface area contributed by atoms with Crippen LogP contribution in [0.4, 0.5) is 5.69 Å². The number of anilines is 1. The van der Waals surface area contributed by atoms with Crippen molar-refractivity contribution < 1.29 is 17.9 Å². The minimum atomic E-state index is -3.62. The zero-order valence-electron chi connectivity index (χ0n) is 21.6. The summed E-state index contributed by atoms with van der Waals surface area (Å²) < 4.78 is 32.1. The Labute approximate surface area is 215 Å². The Morgan fingerprint density at radius 1 is 0.972 bits per heavy atom. The van der Waals surface area contributed by atoms with Crippen LogP contribution in [0.25, 0.3) is 0 Å². The minimum Gasteiger partial charge on any atom is -0.491 e. The predicted molar refractivity (Wildman–Crippen MR) is 143 cm³/mol. The van der Waals surface area contributed by atoms with Crippen molar-refractivity contribution in [2.24, 2.45) is 17.8 Å². The first-order chi connectivity index (χ1) is 17.1. The van der Waals surface area contributed by atoms with E-state index in [2.05, 4.69) is 17.4 Å². The molecule has 4 saturated carbocycles. The first kappa shape index (κ1) is 25.1. The van der Waals surface area contributed by atoms with Gasteiger partial charge in [-0.25, -0.2) is 8.42 Å². The van der Waals surface area contributed by atoms with E-state index in [0.717, 1.165) is 35.3 Å². The highest BCUT2D eigenvalue weighted by Crippen LogP contribution is 2.60. The molecule has 0 heterocycles. The summed E-state index contributed by atoms with van der Waals surface area (Å²) in [7, 11) is -3.62. The third kappa shape index (κ3) is 5.41. The van der Waals surface area contributed by atoms with Gasteiger partial charge >= 0.3 is 0 Å². The smallest absolute Gasteiger partial charge is 0.241 e. The van der Waals surface area contributed by atoms with Gasteiger partial charge in [-0.05, 0) is 111 Å². The third-order valence-electron chi connectivity index (χ3n) is 8.28. The first-order valence-electron chi connectivity index (χ1n) is 13.2. The fourth-order valence-electron chi connectivity index (χ4n) is 7.19. The molecule has 0 radical (unpaired) electrons. The standard InChI is InChI=1S/C29H38N2O4S/c1-20(2)35-27-10-4-21(5-11-27)18-30-28(32)19-31(36(3,33)34)26-8-6-25(7-9-26)29-15-22-12-23(16-29)14-24(13-22)17-29/h4-11,20,22-24H,12-19H2,1-3H3,(H,30,32). The van der Waals surface area contributed by atoms with Crippen molar-refractivity contribution in [1.82, 2.24) is 5.32 Å². The van der Waals surface area contributed by atoms with Crippen LogP contribution < -0.4 is 14.4 Å². The van der Waals surface area contributed by atoms with Gasteiger partial charge in [0.05, 0.1) is 18.0 Å². The summed E-state index contributed by atoms with van der Waals surface area (Å²) in [5.74, 6) is 3.00. The van der Waals surface area contributed by atoms with Gasteiger partial charge in [0.2, 0.25) is 15.9 Å². The molecule has 6 nitrogen and oxygen atoms in total. The van der Waals surface area contributed by atoms with E-state index in [1.165, 1.54) is 48.4 Å². The number of amides is 1. The SMILES string of the molecule is CC(C)Oc1ccc(CNC(=O)CN(c2ccc(C34CC5CC(CC(C5)C3)C4)cc2)S(C)(=O)=O)cc1. The molecule has 2 aromatic carbocycles. The monoisotopic (exact) mass is 510 g/mol. The molecule has 6 rings (SSSR count). The number of hydrogen-bond acceptors (Lipinski definition) is 4. The van der Waals surface area contributed by atoms with Gasteiger partial charge in [0.1, 0.15) is 12.3 Å². The summed E-state index contributed by atoms with van der Waals surface area (Å²) in [6.45, 7) is 4.02.